The van der Waals surface area contributed by atoms with E-state index in [1.807, 2.05) is 0 Å². The quantitative estimate of drug-likeness (QED) is 0.698. The summed E-state index contributed by atoms with van der Waals surface area (Å²) >= 11 is 0. The van der Waals surface area contributed by atoms with Gasteiger partial charge in [0.05, 0.1) is 0 Å². The third-order valence-corrected chi connectivity index (χ3v) is 3.11. The van der Waals surface area contributed by atoms with E-state index >= 15 is 0 Å². The summed E-state index contributed by atoms with van der Waals surface area (Å²) in [5.74, 6) is 0. The number of unbranched alkanes of at least 4 members (excludes halogenated alkanes) is 1. The zero-order valence-corrected chi connectivity index (χ0v) is 11.3. The van der Waals surface area contributed by atoms with Crippen LogP contribution in [0.25, 0.3) is 0 Å². The molecule has 1 rings (SSSR count). The predicted octanol–water partition coefficient (Wildman–Crippen LogP) is 3.33. The molecule has 0 aliphatic rings. The zero-order chi connectivity index (χ0) is 12.5. The van der Waals surface area contributed by atoms with Gasteiger partial charge in [-0.1, -0.05) is 31.2 Å². The van der Waals surface area contributed by atoms with Crippen molar-refractivity contribution in [3.63, 3.8) is 0 Å². The van der Waals surface area contributed by atoms with Gasteiger partial charge in [0, 0.05) is 19.8 Å². The lowest BCUT2D eigenvalue weighted by Gasteiger charge is -2.14. The van der Waals surface area contributed by atoms with Gasteiger partial charge in [-0.15, -0.1) is 0 Å². The van der Waals surface area contributed by atoms with Crippen LogP contribution in [-0.2, 0) is 11.2 Å². The molecule has 0 aliphatic carbocycles. The van der Waals surface area contributed by atoms with Crippen molar-refractivity contribution in [2.75, 3.05) is 20.3 Å². The summed E-state index contributed by atoms with van der Waals surface area (Å²) in [5.41, 5.74) is 2.77. The molecule has 0 bridgehead atoms. The van der Waals surface area contributed by atoms with Crippen molar-refractivity contribution >= 4 is 0 Å². The molecule has 1 atom stereocenters. The van der Waals surface area contributed by atoms with Crippen LogP contribution in [0.15, 0.2) is 24.3 Å². The van der Waals surface area contributed by atoms with E-state index < -0.39 is 0 Å². The smallest absolute Gasteiger partial charge is 0.0462 e. The van der Waals surface area contributed by atoms with Crippen LogP contribution in [0.4, 0.5) is 0 Å². The second kappa shape index (κ2) is 8.26. The first kappa shape index (κ1) is 14.2. The van der Waals surface area contributed by atoms with Crippen LogP contribution in [0.3, 0.4) is 0 Å². The standard InChI is InChI=1S/C15H25NO/c1-4-14-7-9-15(10-8-14)13(2)16-11-5-6-12-17-3/h7-10,13,16H,4-6,11-12H2,1-3H3. The summed E-state index contributed by atoms with van der Waals surface area (Å²) in [6.07, 6.45) is 3.41. The van der Waals surface area contributed by atoms with E-state index in [2.05, 4.69) is 43.4 Å². The van der Waals surface area contributed by atoms with Gasteiger partial charge in [0.1, 0.15) is 0 Å². The van der Waals surface area contributed by atoms with Crippen molar-refractivity contribution in [2.45, 2.75) is 39.2 Å². The van der Waals surface area contributed by atoms with Gasteiger partial charge >= 0.3 is 0 Å². The minimum Gasteiger partial charge on any atom is -0.385 e. The molecule has 0 fully saturated rings. The summed E-state index contributed by atoms with van der Waals surface area (Å²) in [5, 5.41) is 3.54. The van der Waals surface area contributed by atoms with Gasteiger partial charge in [-0.3, -0.25) is 0 Å². The van der Waals surface area contributed by atoms with Gasteiger partial charge in [-0.2, -0.15) is 0 Å². The van der Waals surface area contributed by atoms with Crippen LogP contribution in [0.2, 0.25) is 0 Å². The molecule has 0 saturated carbocycles. The van der Waals surface area contributed by atoms with E-state index in [0.717, 1.165) is 26.0 Å². The number of rotatable bonds is 8. The van der Waals surface area contributed by atoms with E-state index in [1.54, 1.807) is 7.11 Å². The number of hydrogen-bond acceptors (Lipinski definition) is 2. The highest BCUT2D eigenvalue weighted by Crippen LogP contribution is 2.13. The average Bonchev–Trinajstić information content (AvgIpc) is 2.38. The predicted molar refractivity (Wildman–Crippen MR) is 73.3 cm³/mol. The second-order valence-electron chi connectivity index (χ2n) is 4.47. The molecular weight excluding hydrogens is 210 g/mol. The Morgan fingerprint density at radius 3 is 2.47 bits per heavy atom. The SMILES string of the molecule is CCc1ccc(C(C)NCCCCOC)cc1. The van der Waals surface area contributed by atoms with E-state index in [0.29, 0.717) is 6.04 Å². The lowest BCUT2D eigenvalue weighted by Crippen LogP contribution is -2.20. The first-order valence-corrected chi connectivity index (χ1v) is 6.59. The molecule has 1 aromatic carbocycles. The first-order chi connectivity index (χ1) is 8.27. The fourth-order valence-corrected chi connectivity index (χ4v) is 1.85. The van der Waals surface area contributed by atoms with E-state index in [9.17, 15) is 0 Å². The van der Waals surface area contributed by atoms with Crippen molar-refractivity contribution in [1.82, 2.24) is 5.32 Å². The third-order valence-electron chi connectivity index (χ3n) is 3.11. The molecule has 2 heteroatoms. The van der Waals surface area contributed by atoms with Crippen molar-refractivity contribution in [3.8, 4) is 0 Å². The monoisotopic (exact) mass is 235 g/mol. The molecule has 1 aromatic rings. The molecule has 1 N–H and O–H groups in total. The Kier molecular flexibility index (Phi) is 6.90. The van der Waals surface area contributed by atoms with Crippen LogP contribution in [0.5, 0.6) is 0 Å². The maximum absolute atomic E-state index is 5.03. The average molecular weight is 235 g/mol. The first-order valence-electron chi connectivity index (χ1n) is 6.59. The molecule has 0 amide bonds. The normalized spacial score (nSPS) is 12.6. The second-order valence-corrected chi connectivity index (χ2v) is 4.47. The fourth-order valence-electron chi connectivity index (χ4n) is 1.85. The molecule has 0 aromatic heterocycles. The Morgan fingerprint density at radius 2 is 1.88 bits per heavy atom. The Bertz CT molecular complexity index is 294. The number of aryl methyl sites for hydroxylation is 1. The summed E-state index contributed by atoms with van der Waals surface area (Å²) in [7, 11) is 1.76. The molecule has 0 saturated heterocycles. The molecular formula is C15H25NO. The fraction of sp³-hybridized carbons (Fsp3) is 0.600. The number of methoxy groups -OCH3 is 1. The molecule has 0 spiro atoms. The molecule has 96 valence electrons. The number of hydrogen-bond donors (Lipinski definition) is 1. The lowest BCUT2D eigenvalue weighted by atomic mass is 10.0. The van der Waals surface area contributed by atoms with E-state index in [-0.39, 0.29) is 0 Å². The summed E-state index contributed by atoms with van der Waals surface area (Å²) in [6.45, 7) is 6.32. The minimum absolute atomic E-state index is 0.434. The Balaban J connectivity index is 2.28. The lowest BCUT2D eigenvalue weighted by molar-refractivity contribution is 0.192. The molecule has 2 nitrogen and oxygen atoms in total. The van der Waals surface area contributed by atoms with Crippen molar-refractivity contribution in [1.29, 1.82) is 0 Å². The summed E-state index contributed by atoms with van der Waals surface area (Å²) in [4.78, 5) is 0. The number of nitrogens with one attached hydrogen (secondary N) is 1. The van der Waals surface area contributed by atoms with Crippen LogP contribution in [0.1, 0.15) is 43.9 Å². The molecule has 17 heavy (non-hydrogen) atoms. The van der Waals surface area contributed by atoms with Crippen molar-refractivity contribution in [3.05, 3.63) is 35.4 Å². The van der Waals surface area contributed by atoms with Gasteiger partial charge in [-0.25, -0.2) is 0 Å². The van der Waals surface area contributed by atoms with E-state index in [4.69, 9.17) is 4.74 Å². The maximum atomic E-state index is 5.03. The zero-order valence-electron chi connectivity index (χ0n) is 11.3. The summed E-state index contributed by atoms with van der Waals surface area (Å²) < 4.78 is 5.03. The summed E-state index contributed by atoms with van der Waals surface area (Å²) in [6, 6.07) is 9.33. The minimum atomic E-state index is 0.434. The van der Waals surface area contributed by atoms with Gasteiger partial charge in [0.2, 0.25) is 0 Å². The topological polar surface area (TPSA) is 21.3 Å². The number of benzene rings is 1. The van der Waals surface area contributed by atoms with Gasteiger partial charge in [0.15, 0.2) is 0 Å². The molecule has 0 radical (unpaired) electrons. The third kappa shape index (κ3) is 5.33. The highest BCUT2D eigenvalue weighted by atomic mass is 16.5. The molecule has 1 unspecified atom stereocenters. The highest BCUT2D eigenvalue weighted by molar-refractivity contribution is 5.24. The Labute approximate surface area is 105 Å². The van der Waals surface area contributed by atoms with Crippen molar-refractivity contribution < 1.29 is 4.74 Å². The molecule has 0 aliphatic heterocycles. The Hall–Kier alpha value is -0.860. The largest absolute Gasteiger partial charge is 0.385 e. The van der Waals surface area contributed by atoms with Gasteiger partial charge < -0.3 is 10.1 Å². The highest BCUT2D eigenvalue weighted by Gasteiger charge is 2.03. The van der Waals surface area contributed by atoms with Crippen molar-refractivity contribution in [2.24, 2.45) is 0 Å². The van der Waals surface area contributed by atoms with Gasteiger partial charge in [-0.05, 0) is 43.9 Å². The van der Waals surface area contributed by atoms with E-state index in [1.165, 1.54) is 17.5 Å². The van der Waals surface area contributed by atoms with Crippen LogP contribution in [-0.4, -0.2) is 20.3 Å². The van der Waals surface area contributed by atoms with Crippen LogP contribution in [0, 0.1) is 0 Å². The van der Waals surface area contributed by atoms with Crippen LogP contribution >= 0.6 is 0 Å². The number of ether oxygens (including phenoxy) is 1. The van der Waals surface area contributed by atoms with Crippen LogP contribution < -0.4 is 5.32 Å². The Morgan fingerprint density at radius 1 is 1.18 bits per heavy atom. The van der Waals surface area contributed by atoms with Gasteiger partial charge in [0.25, 0.3) is 0 Å². The molecule has 0 heterocycles. The maximum Gasteiger partial charge on any atom is 0.0462 e.